The summed E-state index contributed by atoms with van der Waals surface area (Å²) in [4.78, 5) is 22.4. The lowest BCUT2D eigenvalue weighted by molar-refractivity contribution is -0.155. The molecule has 0 aliphatic carbocycles. The average Bonchev–Trinajstić information content (AvgIpc) is 2.40. The molecule has 0 aromatic carbocycles. The van der Waals surface area contributed by atoms with Crippen LogP contribution in [-0.2, 0) is 14.3 Å². The van der Waals surface area contributed by atoms with E-state index in [2.05, 4.69) is 17.4 Å². The van der Waals surface area contributed by atoms with Crippen LogP contribution in [0.2, 0.25) is 0 Å². The van der Waals surface area contributed by atoms with E-state index in [1.807, 2.05) is 0 Å². The molecule has 9 heteroatoms. The number of hydrogen-bond acceptors (Lipinski definition) is 9. The number of nitrogens with two attached hydrogens (primary N) is 1. The SMILES string of the molecule is N[C@@H](CS)C(=O)OCC(=O)[C@@H](O)[C@H](O)[C@H](O)CO. The van der Waals surface area contributed by atoms with Crippen molar-refractivity contribution in [2.75, 3.05) is 19.0 Å². The van der Waals surface area contributed by atoms with Gasteiger partial charge in [0, 0.05) is 5.75 Å². The second-order valence-corrected chi connectivity index (χ2v) is 3.91. The number of thiol groups is 1. The van der Waals surface area contributed by atoms with Crippen LogP contribution in [0.1, 0.15) is 0 Å². The molecule has 0 heterocycles. The molecule has 0 amide bonds. The first kappa shape index (κ1) is 17.3. The lowest BCUT2D eigenvalue weighted by atomic mass is 10.1. The number of aliphatic hydroxyl groups is 4. The molecule has 0 spiro atoms. The highest BCUT2D eigenvalue weighted by Gasteiger charge is 2.30. The molecule has 18 heavy (non-hydrogen) atoms. The van der Waals surface area contributed by atoms with E-state index in [9.17, 15) is 19.8 Å². The van der Waals surface area contributed by atoms with Crippen molar-refractivity contribution in [1.82, 2.24) is 0 Å². The van der Waals surface area contributed by atoms with Crippen molar-refractivity contribution in [1.29, 1.82) is 0 Å². The minimum atomic E-state index is -1.97. The molecule has 6 N–H and O–H groups in total. The first-order valence-electron chi connectivity index (χ1n) is 5.06. The van der Waals surface area contributed by atoms with Gasteiger partial charge in [0.25, 0.3) is 0 Å². The van der Waals surface area contributed by atoms with Gasteiger partial charge in [-0.25, -0.2) is 0 Å². The lowest BCUT2D eigenvalue weighted by Crippen LogP contribution is -2.45. The molecule has 0 aliphatic rings. The van der Waals surface area contributed by atoms with Crippen molar-refractivity contribution in [2.45, 2.75) is 24.4 Å². The quantitative estimate of drug-likeness (QED) is 0.198. The highest BCUT2D eigenvalue weighted by molar-refractivity contribution is 7.80. The molecule has 4 atom stereocenters. The Balaban J connectivity index is 4.21. The van der Waals surface area contributed by atoms with Gasteiger partial charge < -0.3 is 30.9 Å². The molecular formula is C9H17NO7S. The minimum Gasteiger partial charge on any atom is -0.456 e. The Labute approximate surface area is 109 Å². The van der Waals surface area contributed by atoms with E-state index in [1.165, 1.54) is 0 Å². The van der Waals surface area contributed by atoms with Gasteiger partial charge in [0.05, 0.1) is 6.61 Å². The van der Waals surface area contributed by atoms with Crippen molar-refractivity contribution < 1.29 is 34.8 Å². The molecule has 0 saturated carbocycles. The summed E-state index contributed by atoms with van der Waals surface area (Å²) >= 11 is 3.75. The fourth-order valence-electron chi connectivity index (χ4n) is 0.918. The van der Waals surface area contributed by atoms with Crippen LogP contribution in [0, 0.1) is 0 Å². The number of rotatable bonds is 8. The second-order valence-electron chi connectivity index (χ2n) is 3.55. The molecular weight excluding hydrogens is 266 g/mol. The third-order valence-electron chi connectivity index (χ3n) is 2.09. The van der Waals surface area contributed by atoms with Crippen molar-refractivity contribution in [3.63, 3.8) is 0 Å². The highest BCUT2D eigenvalue weighted by atomic mass is 32.1. The molecule has 0 saturated heterocycles. The predicted octanol–water partition coefficient (Wildman–Crippen LogP) is -3.57. The molecule has 0 rings (SSSR count). The number of esters is 1. The summed E-state index contributed by atoms with van der Waals surface area (Å²) in [7, 11) is 0. The Morgan fingerprint density at radius 3 is 2.28 bits per heavy atom. The van der Waals surface area contributed by atoms with Crippen molar-refractivity contribution in [2.24, 2.45) is 5.73 Å². The van der Waals surface area contributed by atoms with Crippen LogP contribution >= 0.6 is 12.6 Å². The van der Waals surface area contributed by atoms with E-state index < -0.39 is 49.3 Å². The van der Waals surface area contributed by atoms with Gasteiger partial charge in [-0.3, -0.25) is 9.59 Å². The van der Waals surface area contributed by atoms with Crippen LogP contribution in [0.4, 0.5) is 0 Å². The molecule has 106 valence electrons. The van der Waals surface area contributed by atoms with Gasteiger partial charge in [0.1, 0.15) is 24.4 Å². The Morgan fingerprint density at radius 2 is 1.83 bits per heavy atom. The normalized spacial score (nSPS) is 17.7. The number of ketones is 1. The number of carbonyl (C=O) groups excluding carboxylic acids is 2. The molecule has 0 aromatic heterocycles. The van der Waals surface area contributed by atoms with E-state index >= 15 is 0 Å². The summed E-state index contributed by atoms with van der Waals surface area (Å²) in [5.41, 5.74) is 5.26. The van der Waals surface area contributed by atoms with Crippen LogP contribution in [0.3, 0.4) is 0 Å². The summed E-state index contributed by atoms with van der Waals surface area (Å²) in [5, 5.41) is 36.0. The monoisotopic (exact) mass is 283 g/mol. The zero-order chi connectivity index (χ0) is 14.3. The first-order chi connectivity index (χ1) is 8.34. The Kier molecular flexibility index (Phi) is 8.07. The average molecular weight is 283 g/mol. The Morgan fingerprint density at radius 1 is 1.28 bits per heavy atom. The topological polar surface area (TPSA) is 150 Å². The van der Waals surface area contributed by atoms with Crippen LogP contribution in [0.25, 0.3) is 0 Å². The van der Waals surface area contributed by atoms with Gasteiger partial charge in [-0.2, -0.15) is 12.6 Å². The fraction of sp³-hybridized carbons (Fsp3) is 0.778. The van der Waals surface area contributed by atoms with Crippen LogP contribution < -0.4 is 5.73 Å². The predicted molar refractivity (Wildman–Crippen MR) is 62.9 cm³/mol. The largest absolute Gasteiger partial charge is 0.456 e. The Bertz CT molecular complexity index is 288. The summed E-state index contributed by atoms with van der Waals surface area (Å²) in [6.45, 7) is -1.62. The molecule has 0 bridgehead atoms. The number of hydrogen-bond donors (Lipinski definition) is 6. The highest BCUT2D eigenvalue weighted by Crippen LogP contribution is 2.02. The van der Waals surface area contributed by atoms with Gasteiger partial charge in [-0.15, -0.1) is 0 Å². The van der Waals surface area contributed by atoms with Gasteiger partial charge in [-0.1, -0.05) is 0 Å². The minimum absolute atomic E-state index is 0.0292. The Hall–Kier alpha value is -0.710. The standard InChI is InChI=1S/C9H17NO7S/c10-4(3-18)9(16)17-2-6(13)8(15)7(14)5(12)1-11/h4-5,7-8,11-12,14-15,18H,1-3,10H2/t4-,5+,7+,8+/m0/s1. The van der Waals surface area contributed by atoms with E-state index in [4.69, 9.17) is 15.9 Å². The van der Waals surface area contributed by atoms with E-state index in [1.54, 1.807) is 0 Å². The number of Topliss-reactive ketones (excluding diaryl/α,β-unsaturated/α-hetero) is 1. The van der Waals surface area contributed by atoms with E-state index in [0.717, 1.165) is 0 Å². The molecule has 0 fully saturated rings. The van der Waals surface area contributed by atoms with Crippen LogP contribution in [-0.4, -0.2) is 75.5 Å². The molecule has 8 nitrogen and oxygen atoms in total. The van der Waals surface area contributed by atoms with Gasteiger partial charge >= 0.3 is 5.97 Å². The molecule has 0 unspecified atom stereocenters. The summed E-state index contributed by atoms with van der Waals surface area (Å²) in [5.74, 6) is -1.86. The van der Waals surface area contributed by atoms with E-state index in [-0.39, 0.29) is 5.75 Å². The van der Waals surface area contributed by atoms with Crippen molar-refractivity contribution in [3.05, 3.63) is 0 Å². The van der Waals surface area contributed by atoms with Gasteiger partial charge in [0.2, 0.25) is 5.78 Å². The molecule has 0 radical (unpaired) electrons. The van der Waals surface area contributed by atoms with Gasteiger partial charge in [-0.05, 0) is 0 Å². The third-order valence-corrected chi connectivity index (χ3v) is 2.48. The smallest absolute Gasteiger partial charge is 0.324 e. The number of aliphatic hydroxyl groups excluding tert-OH is 4. The maximum absolute atomic E-state index is 11.3. The zero-order valence-corrected chi connectivity index (χ0v) is 10.4. The second kappa shape index (κ2) is 8.40. The van der Waals surface area contributed by atoms with Crippen molar-refractivity contribution >= 4 is 24.4 Å². The maximum atomic E-state index is 11.3. The lowest BCUT2D eigenvalue weighted by Gasteiger charge is -2.20. The molecule has 0 aliphatic heterocycles. The van der Waals surface area contributed by atoms with Crippen molar-refractivity contribution in [3.8, 4) is 0 Å². The van der Waals surface area contributed by atoms with Gasteiger partial charge in [0.15, 0.2) is 6.61 Å². The maximum Gasteiger partial charge on any atom is 0.324 e. The number of carbonyl (C=O) groups is 2. The fourth-order valence-corrected chi connectivity index (χ4v) is 1.07. The third kappa shape index (κ3) is 5.29. The molecule has 0 aromatic rings. The van der Waals surface area contributed by atoms with Crippen LogP contribution in [0.5, 0.6) is 0 Å². The summed E-state index contributed by atoms with van der Waals surface area (Å²) < 4.78 is 4.46. The first-order valence-corrected chi connectivity index (χ1v) is 5.69. The zero-order valence-electron chi connectivity index (χ0n) is 9.47. The van der Waals surface area contributed by atoms with E-state index in [0.29, 0.717) is 0 Å². The summed E-state index contributed by atoms with van der Waals surface area (Å²) in [6.07, 6.45) is -5.49. The number of ether oxygens (including phenoxy) is 1. The van der Waals surface area contributed by atoms with Crippen LogP contribution in [0.15, 0.2) is 0 Å². The summed E-state index contributed by atoms with van der Waals surface area (Å²) in [6, 6.07) is -0.994.